The minimum Gasteiger partial charge on any atom is -0.417 e. The molecule has 1 aromatic carbocycles. The van der Waals surface area contributed by atoms with E-state index in [9.17, 15) is 0 Å². The summed E-state index contributed by atoms with van der Waals surface area (Å²) in [6, 6.07) is 8.21. The normalized spacial score (nSPS) is 21.7. The molecule has 0 saturated heterocycles. The molecule has 1 fully saturated rings. The topological polar surface area (TPSA) is 66.0 Å². The van der Waals surface area contributed by atoms with E-state index < -0.39 is 8.32 Å². The van der Waals surface area contributed by atoms with Gasteiger partial charge in [0.05, 0.1) is 0 Å². The summed E-state index contributed by atoms with van der Waals surface area (Å²) in [6.45, 7) is 12.4. The summed E-state index contributed by atoms with van der Waals surface area (Å²) < 4.78 is 8.49. The van der Waals surface area contributed by atoms with E-state index >= 15 is 0 Å². The zero-order valence-electron chi connectivity index (χ0n) is 17.6. The standard InChI is InChI=1S/C21H34N4OSi/c1-21(2,3)27(5,6)26-13-15-10-17(11-15)19(20-24-23-14-25(20)4)16-8-7-9-18(22)12-16/h7-9,12,14-15,17,19H,10-11,13,22H2,1-6H3. The van der Waals surface area contributed by atoms with E-state index in [4.69, 9.17) is 10.2 Å². The number of nitrogens with zero attached hydrogens (tertiary/aromatic N) is 3. The van der Waals surface area contributed by atoms with Gasteiger partial charge in [-0.3, -0.25) is 0 Å². The summed E-state index contributed by atoms with van der Waals surface area (Å²) in [7, 11) is 0.343. The molecule has 1 heterocycles. The molecule has 1 aromatic heterocycles. The molecule has 6 heteroatoms. The smallest absolute Gasteiger partial charge is 0.191 e. The number of aryl methyl sites for hydroxylation is 1. The van der Waals surface area contributed by atoms with Crippen molar-refractivity contribution >= 4 is 14.0 Å². The first kappa shape index (κ1) is 20.1. The second kappa shape index (κ2) is 7.39. The average molecular weight is 387 g/mol. The van der Waals surface area contributed by atoms with Crippen LogP contribution in [0.25, 0.3) is 0 Å². The SMILES string of the molecule is Cn1cnnc1C(c1cccc(N)c1)C1CC(CO[Si](C)(C)C(C)(C)C)C1. The fourth-order valence-corrected chi connectivity index (χ4v) is 4.78. The van der Waals surface area contributed by atoms with Crippen LogP contribution < -0.4 is 5.73 Å². The van der Waals surface area contributed by atoms with Gasteiger partial charge in [0, 0.05) is 25.3 Å². The summed E-state index contributed by atoms with van der Waals surface area (Å²) in [5.74, 6) is 2.46. The van der Waals surface area contributed by atoms with Crippen LogP contribution >= 0.6 is 0 Å². The third-order valence-electron chi connectivity index (χ3n) is 6.52. The molecule has 0 amide bonds. The Bertz CT molecular complexity index is 774. The fraction of sp³-hybridized carbons (Fsp3) is 0.619. The predicted octanol–water partition coefficient (Wildman–Crippen LogP) is 4.58. The largest absolute Gasteiger partial charge is 0.417 e. The lowest BCUT2D eigenvalue weighted by Crippen LogP contribution is -2.44. The summed E-state index contributed by atoms with van der Waals surface area (Å²) in [5.41, 5.74) is 8.09. The van der Waals surface area contributed by atoms with Crippen molar-refractivity contribution in [3.8, 4) is 0 Å². The molecule has 5 nitrogen and oxygen atoms in total. The molecule has 0 aliphatic heterocycles. The molecular formula is C21H34N4OSi. The van der Waals surface area contributed by atoms with Crippen LogP contribution in [0.5, 0.6) is 0 Å². The minimum atomic E-state index is -1.68. The first-order valence-electron chi connectivity index (χ1n) is 9.92. The Morgan fingerprint density at radius 1 is 1.30 bits per heavy atom. The van der Waals surface area contributed by atoms with Gasteiger partial charge in [-0.1, -0.05) is 32.9 Å². The van der Waals surface area contributed by atoms with Crippen LogP contribution in [0.3, 0.4) is 0 Å². The number of hydrogen-bond donors (Lipinski definition) is 1. The van der Waals surface area contributed by atoms with Crippen molar-refractivity contribution in [1.29, 1.82) is 0 Å². The van der Waals surface area contributed by atoms with Crippen molar-refractivity contribution in [3.05, 3.63) is 42.0 Å². The van der Waals surface area contributed by atoms with Crippen LogP contribution in [0.2, 0.25) is 18.1 Å². The molecule has 1 aliphatic carbocycles. The van der Waals surface area contributed by atoms with Gasteiger partial charge in [0.25, 0.3) is 0 Å². The fourth-order valence-electron chi connectivity index (χ4n) is 3.70. The van der Waals surface area contributed by atoms with Crippen molar-refractivity contribution in [2.75, 3.05) is 12.3 Å². The Balaban J connectivity index is 1.69. The number of aromatic nitrogens is 3. The molecule has 1 atom stereocenters. The molecule has 3 rings (SSSR count). The van der Waals surface area contributed by atoms with Gasteiger partial charge >= 0.3 is 0 Å². The van der Waals surface area contributed by atoms with Crippen LogP contribution in [0.4, 0.5) is 5.69 Å². The lowest BCUT2D eigenvalue weighted by Gasteiger charge is -2.43. The van der Waals surface area contributed by atoms with Crippen LogP contribution in [0.1, 0.15) is 50.9 Å². The van der Waals surface area contributed by atoms with E-state index in [0.29, 0.717) is 11.8 Å². The molecule has 27 heavy (non-hydrogen) atoms. The van der Waals surface area contributed by atoms with Gasteiger partial charge < -0.3 is 14.7 Å². The number of hydrogen-bond acceptors (Lipinski definition) is 4. The molecule has 2 aromatic rings. The van der Waals surface area contributed by atoms with E-state index in [1.165, 1.54) is 18.4 Å². The summed E-state index contributed by atoms with van der Waals surface area (Å²) in [5, 5.41) is 8.79. The highest BCUT2D eigenvalue weighted by atomic mass is 28.4. The van der Waals surface area contributed by atoms with Gasteiger partial charge in [0.2, 0.25) is 0 Å². The summed E-state index contributed by atoms with van der Waals surface area (Å²) in [6.07, 6.45) is 4.12. The lowest BCUT2D eigenvalue weighted by atomic mass is 9.66. The molecule has 148 valence electrons. The van der Waals surface area contributed by atoms with Gasteiger partial charge in [-0.15, -0.1) is 10.2 Å². The van der Waals surface area contributed by atoms with Gasteiger partial charge in [0.15, 0.2) is 8.32 Å². The second-order valence-electron chi connectivity index (χ2n) is 9.62. The van der Waals surface area contributed by atoms with Crippen LogP contribution in [-0.4, -0.2) is 29.7 Å². The van der Waals surface area contributed by atoms with E-state index in [-0.39, 0.29) is 11.0 Å². The van der Waals surface area contributed by atoms with Crippen molar-refractivity contribution < 1.29 is 4.43 Å². The number of nitrogens with two attached hydrogens (primary N) is 1. The maximum absolute atomic E-state index is 6.45. The first-order chi connectivity index (χ1) is 12.6. The number of benzene rings is 1. The van der Waals surface area contributed by atoms with Crippen molar-refractivity contribution in [2.45, 2.75) is 57.7 Å². The molecule has 2 N–H and O–H groups in total. The number of rotatable bonds is 6. The Morgan fingerprint density at radius 3 is 2.56 bits per heavy atom. The highest BCUT2D eigenvalue weighted by Crippen LogP contribution is 2.47. The van der Waals surface area contributed by atoms with Crippen molar-refractivity contribution in [2.24, 2.45) is 18.9 Å². The summed E-state index contributed by atoms with van der Waals surface area (Å²) >= 11 is 0. The quantitative estimate of drug-likeness (QED) is 0.583. The Morgan fingerprint density at radius 2 is 2.00 bits per heavy atom. The second-order valence-corrected chi connectivity index (χ2v) is 14.4. The number of anilines is 1. The highest BCUT2D eigenvalue weighted by molar-refractivity contribution is 6.74. The van der Waals surface area contributed by atoms with Crippen LogP contribution in [-0.2, 0) is 11.5 Å². The van der Waals surface area contributed by atoms with Crippen molar-refractivity contribution in [1.82, 2.24) is 14.8 Å². The Kier molecular flexibility index (Phi) is 5.50. The third kappa shape index (κ3) is 4.27. The van der Waals surface area contributed by atoms with Crippen molar-refractivity contribution in [3.63, 3.8) is 0 Å². The highest BCUT2D eigenvalue weighted by Gasteiger charge is 2.42. The van der Waals surface area contributed by atoms with Gasteiger partial charge in [-0.05, 0) is 60.5 Å². The minimum absolute atomic E-state index is 0.241. The molecular weight excluding hydrogens is 352 g/mol. The first-order valence-corrected chi connectivity index (χ1v) is 12.8. The monoisotopic (exact) mass is 386 g/mol. The molecule has 0 radical (unpaired) electrons. The zero-order valence-corrected chi connectivity index (χ0v) is 18.6. The Labute approximate surface area is 164 Å². The average Bonchev–Trinajstić information content (AvgIpc) is 2.94. The number of nitrogen functional groups attached to an aromatic ring is 1. The van der Waals surface area contributed by atoms with Crippen LogP contribution in [0, 0.1) is 11.8 Å². The van der Waals surface area contributed by atoms with E-state index in [1.807, 2.05) is 23.7 Å². The molecule has 0 spiro atoms. The van der Waals surface area contributed by atoms with Gasteiger partial charge in [-0.25, -0.2) is 0 Å². The maximum Gasteiger partial charge on any atom is 0.191 e. The predicted molar refractivity (Wildman–Crippen MR) is 113 cm³/mol. The third-order valence-corrected chi connectivity index (χ3v) is 11.0. The van der Waals surface area contributed by atoms with E-state index in [1.54, 1.807) is 6.33 Å². The molecule has 1 unspecified atom stereocenters. The molecule has 1 saturated carbocycles. The molecule has 1 aliphatic rings. The summed E-state index contributed by atoms with van der Waals surface area (Å²) in [4.78, 5) is 0. The maximum atomic E-state index is 6.45. The van der Waals surface area contributed by atoms with E-state index in [0.717, 1.165) is 18.1 Å². The van der Waals surface area contributed by atoms with Crippen LogP contribution in [0.15, 0.2) is 30.6 Å². The van der Waals surface area contributed by atoms with E-state index in [2.05, 4.69) is 56.2 Å². The van der Waals surface area contributed by atoms with Gasteiger partial charge in [-0.2, -0.15) is 0 Å². The molecule has 0 bridgehead atoms. The zero-order chi connectivity index (χ0) is 19.8. The van der Waals surface area contributed by atoms with Gasteiger partial charge in [0.1, 0.15) is 12.2 Å². The Hall–Kier alpha value is -1.66. The lowest BCUT2D eigenvalue weighted by molar-refractivity contribution is 0.1000.